The average molecular weight is 284 g/mol. The van der Waals surface area contributed by atoms with Gasteiger partial charge in [0.15, 0.2) is 0 Å². The third-order valence-electron chi connectivity index (χ3n) is 3.31. The molecule has 0 bridgehead atoms. The van der Waals surface area contributed by atoms with Crippen LogP contribution in [0.15, 0.2) is 36.4 Å². The van der Waals surface area contributed by atoms with Crippen molar-refractivity contribution in [3.05, 3.63) is 53.1 Å². The number of amides is 1. The van der Waals surface area contributed by atoms with Gasteiger partial charge in [0.05, 0.1) is 5.56 Å². The number of anilines is 1. The van der Waals surface area contributed by atoms with Crippen LogP contribution in [-0.2, 0) is 0 Å². The molecule has 0 radical (unpaired) electrons. The van der Waals surface area contributed by atoms with Crippen LogP contribution in [0.5, 0.6) is 11.5 Å². The SMILES string of the molecule is Cc1ccc(C(C)C)c(Oc2ccc(N)c(C(N)=O)c2)c1. The van der Waals surface area contributed by atoms with Crippen LogP contribution < -0.4 is 16.2 Å². The molecule has 2 rings (SSSR count). The van der Waals surface area contributed by atoms with Crippen LogP contribution >= 0.6 is 0 Å². The van der Waals surface area contributed by atoms with Crippen LogP contribution in [0, 0.1) is 6.92 Å². The Bertz CT molecular complexity index is 678. The Hall–Kier alpha value is -2.49. The van der Waals surface area contributed by atoms with Crippen molar-refractivity contribution in [1.29, 1.82) is 0 Å². The number of benzene rings is 2. The highest BCUT2D eigenvalue weighted by atomic mass is 16.5. The number of aryl methyl sites for hydroxylation is 1. The number of ether oxygens (including phenoxy) is 1. The van der Waals surface area contributed by atoms with Crippen LogP contribution in [0.3, 0.4) is 0 Å². The fraction of sp³-hybridized carbons (Fsp3) is 0.235. The molecule has 0 heterocycles. The molecule has 1 amide bonds. The molecule has 0 unspecified atom stereocenters. The number of primary amides is 1. The lowest BCUT2D eigenvalue weighted by molar-refractivity contribution is 0.100. The Morgan fingerprint density at radius 3 is 2.48 bits per heavy atom. The molecule has 0 aliphatic rings. The summed E-state index contributed by atoms with van der Waals surface area (Å²) in [5, 5.41) is 0. The van der Waals surface area contributed by atoms with Gasteiger partial charge in [-0.05, 0) is 48.2 Å². The number of rotatable bonds is 4. The first kappa shape index (κ1) is 14.9. The molecule has 0 saturated carbocycles. The maximum Gasteiger partial charge on any atom is 0.250 e. The average Bonchev–Trinajstić information content (AvgIpc) is 2.40. The predicted octanol–water partition coefficient (Wildman–Crippen LogP) is 3.59. The second-order valence-electron chi connectivity index (χ2n) is 5.41. The topological polar surface area (TPSA) is 78.3 Å². The van der Waals surface area contributed by atoms with Crippen molar-refractivity contribution in [1.82, 2.24) is 0 Å². The third kappa shape index (κ3) is 3.34. The van der Waals surface area contributed by atoms with E-state index < -0.39 is 5.91 Å². The number of carbonyl (C=O) groups excluding carboxylic acids is 1. The zero-order chi connectivity index (χ0) is 15.6. The molecule has 4 heteroatoms. The fourth-order valence-electron chi connectivity index (χ4n) is 2.15. The number of nitrogen functional groups attached to an aromatic ring is 1. The number of carbonyl (C=O) groups is 1. The molecule has 21 heavy (non-hydrogen) atoms. The van der Waals surface area contributed by atoms with Gasteiger partial charge in [-0.1, -0.05) is 26.0 Å². The Balaban J connectivity index is 2.40. The van der Waals surface area contributed by atoms with E-state index in [9.17, 15) is 4.79 Å². The highest BCUT2D eigenvalue weighted by molar-refractivity contribution is 5.98. The maximum absolute atomic E-state index is 11.3. The van der Waals surface area contributed by atoms with E-state index in [1.165, 1.54) is 0 Å². The largest absolute Gasteiger partial charge is 0.457 e. The summed E-state index contributed by atoms with van der Waals surface area (Å²) in [5.74, 6) is 1.10. The first-order valence-corrected chi connectivity index (χ1v) is 6.86. The molecular weight excluding hydrogens is 264 g/mol. The van der Waals surface area contributed by atoms with Crippen molar-refractivity contribution in [2.45, 2.75) is 26.7 Å². The van der Waals surface area contributed by atoms with Gasteiger partial charge in [-0.3, -0.25) is 4.79 Å². The predicted molar refractivity (Wildman–Crippen MR) is 84.7 cm³/mol. The summed E-state index contributed by atoms with van der Waals surface area (Å²) in [5.41, 5.74) is 13.9. The summed E-state index contributed by atoms with van der Waals surface area (Å²) in [6, 6.07) is 11.0. The van der Waals surface area contributed by atoms with Crippen LogP contribution in [0.1, 0.15) is 41.3 Å². The van der Waals surface area contributed by atoms with E-state index in [0.29, 0.717) is 17.4 Å². The molecular formula is C17H20N2O2. The van der Waals surface area contributed by atoms with Crippen molar-refractivity contribution < 1.29 is 9.53 Å². The van der Waals surface area contributed by atoms with Gasteiger partial charge in [-0.25, -0.2) is 0 Å². The van der Waals surface area contributed by atoms with Crippen molar-refractivity contribution in [3.63, 3.8) is 0 Å². The lowest BCUT2D eigenvalue weighted by Gasteiger charge is -2.15. The molecule has 0 aliphatic carbocycles. The van der Waals surface area contributed by atoms with Crippen molar-refractivity contribution in [3.8, 4) is 11.5 Å². The van der Waals surface area contributed by atoms with Crippen molar-refractivity contribution in [2.75, 3.05) is 5.73 Å². The summed E-state index contributed by atoms with van der Waals surface area (Å²) in [4.78, 5) is 11.3. The van der Waals surface area contributed by atoms with E-state index in [1.807, 2.05) is 13.0 Å². The minimum absolute atomic E-state index is 0.270. The summed E-state index contributed by atoms with van der Waals surface area (Å²) in [6.45, 7) is 6.22. The molecule has 2 aromatic carbocycles. The van der Waals surface area contributed by atoms with Crippen LogP contribution in [-0.4, -0.2) is 5.91 Å². The third-order valence-corrected chi connectivity index (χ3v) is 3.31. The summed E-state index contributed by atoms with van der Waals surface area (Å²) >= 11 is 0. The van der Waals surface area contributed by atoms with E-state index >= 15 is 0 Å². The van der Waals surface area contributed by atoms with Crippen LogP contribution in [0.4, 0.5) is 5.69 Å². The minimum Gasteiger partial charge on any atom is -0.457 e. The second kappa shape index (κ2) is 5.87. The first-order chi connectivity index (χ1) is 9.88. The lowest BCUT2D eigenvalue weighted by atomic mass is 10.0. The van der Waals surface area contributed by atoms with Gasteiger partial charge in [-0.15, -0.1) is 0 Å². The summed E-state index contributed by atoms with van der Waals surface area (Å²) < 4.78 is 5.93. The molecule has 110 valence electrons. The van der Waals surface area contributed by atoms with E-state index in [-0.39, 0.29) is 5.56 Å². The van der Waals surface area contributed by atoms with Gasteiger partial charge < -0.3 is 16.2 Å². The van der Waals surface area contributed by atoms with Crippen molar-refractivity contribution >= 4 is 11.6 Å². The van der Waals surface area contributed by atoms with Crippen LogP contribution in [0.2, 0.25) is 0 Å². The monoisotopic (exact) mass is 284 g/mol. The Morgan fingerprint density at radius 2 is 1.86 bits per heavy atom. The molecule has 2 aromatic rings. The number of nitrogens with two attached hydrogens (primary N) is 2. The Morgan fingerprint density at radius 1 is 1.14 bits per heavy atom. The van der Waals surface area contributed by atoms with E-state index in [0.717, 1.165) is 16.9 Å². The molecule has 0 atom stereocenters. The molecule has 0 aromatic heterocycles. The molecule has 0 spiro atoms. The lowest BCUT2D eigenvalue weighted by Crippen LogP contribution is -2.13. The van der Waals surface area contributed by atoms with Crippen LogP contribution in [0.25, 0.3) is 0 Å². The summed E-state index contributed by atoms with van der Waals surface area (Å²) in [7, 11) is 0. The molecule has 4 N–H and O–H groups in total. The molecule has 0 aliphatic heterocycles. The van der Waals surface area contributed by atoms with Gasteiger partial charge in [0, 0.05) is 5.69 Å². The normalized spacial score (nSPS) is 10.7. The first-order valence-electron chi connectivity index (χ1n) is 6.86. The zero-order valence-corrected chi connectivity index (χ0v) is 12.5. The maximum atomic E-state index is 11.3. The van der Waals surface area contributed by atoms with E-state index in [1.54, 1.807) is 18.2 Å². The van der Waals surface area contributed by atoms with E-state index in [4.69, 9.17) is 16.2 Å². The van der Waals surface area contributed by atoms with Gasteiger partial charge in [-0.2, -0.15) is 0 Å². The molecule has 0 fully saturated rings. The smallest absolute Gasteiger partial charge is 0.250 e. The highest BCUT2D eigenvalue weighted by Crippen LogP contribution is 2.32. The van der Waals surface area contributed by atoms with E-state index in [2.05, 4.69) is 26.0 Å². The van der Waals surface area contributed by atoms with Gasteiger partial charge >= 0.3 is 0 Å². The molecule has 4 nitrogen and oxygen atoms in total. The number of hydrogen-bond acceptors (Lipinski definition) is 3. The van der Waals surface area contributed by atoms with Gasteiger partial charge in [0.1, 0.15) is 11.5 Å². The fourth-order valence-corrected chi connectivity index (χ4v) is 2.15. The Labute approximate surface area is 124 Å². The van der Waals surface area contributed by atoms with Crippen molar-refractivity contribution in [2.24, 2.45) is 5.73 Å². The van der Waals surface area contributed by atoms with Gasteiger partial charge in [0.2, 0.25) is 0 Å². The molecule has 0 saturated heterocycles. The number of hydrogen-bond donors (Lipinski definition) is 2. The second-order valence-corrected chi connectivity index (χ2v) is 5.41. The Kier molecular flexibility index (Phi) is 4.17. The minimum atomic E-state index is -0.564. The zero-order valence-electron chi connectivity index (χ0n) is 12.5. The van der Waals surface area contributed by atoms with Gasteiger partial charge in [0.25, 0.3) is 5.91 Å². The standard InChI is InChI=1S/C17H20N2O2/c1-10(2)13-6-4-11(3)8-16(13)21-12-5-7-15(18)14(9-12)17(19)20/h4-10H,18H2,1-3H3,(H2,19,20). The highest BCUT2D eigenvalue weighted by Gasteiger charge is 2.12. The quantitative estimate of drug-likeness (QED) is 0.842. The summed E-state index contributed by atoms with van der Waals surface area (Å²) in [6.07, 6.45) is 0.